The van der Waals surface area contributed by atoms with Crippen LogP contribution in [0.2, 0.25) is 0 Å². The van der Waals surface area contributed by atoms with Crippen LogP contribution in [0.1, 0.15) is 23.0 Å². The van der Waals surface area contributed by atoms with Gasteiger partial charge >= 0.3 is 6.03 Å². The molecule has 7 heteroatoms. The van der Waals surface area contributed by atoms with Gasteiger partial charge in [-0.1, -0.05) is 30.3 Å². The molecule has 158 valence electrons. The minimum absolute atomic E-state index is 0.233. The van der Waals surface area contributed by atoms with Crippen LogP contribution in [0, 0.1) is 0 Å². The van der Waals surface area contributed by atoms with Gasteiger partial charge in [-0.15, -0.1) is 0 Å². The molecule has 4 rings (SSSR count). The number of H-pyrrole nitrogens is 1. The van der Waals surface area contributed by atoms with Crippen LogP contribution in [0.15, 0.2) is 73.1 Å². The van der Waals surface area contributed by atoms with E-state index in [9.17, 15) is 4.79 Å². The highest BCUT2D eigenvalue weighted by atomic mass is 16.5. The summed E-state index contributed by atoms with van der Waals surface area (Å²) in [5, 5.41) is 6.00. The lowest BCUT2D eigenvalue weighted by molar-refractivity contribution is 0.236. The molecule has 1 atom stereocenters. The summed E-state index contributed by atoms with van der Waals surface area (Å²) in [4.78, 5) is 24.8. The molecule has 0 aliphatic heterocycles. The Balaban J connectivity index is 1.46. The molecule has 3 N–H and O–H groups in total. The number of carbonyl (C=O) groups excluding carboxylic acids is 1. The highest BCUT2D eigenvalue weighted by Crippen LogP contribution is 2.21. The molecule has 0 saturated heterocycles. The molecule has 2 aromatic heterocycles. The van der Waals surface area contributed by atoms with E-state index in [0.717, 1.165) is 40.2 Å². The average molecular weight is 415 g/mol. The molecule has 0 radical (unpaired) electrons. The van der Waals surface area contributed by atoms with Crippen LogP contribution >= 0.6 is 0 Å². The van der Waals surface area contributed by atoms with Crippen LogP contribution in [0.4, 0.5) is 4.79 Å². The highest BCUT2D eigenvalue weighted by Gasteiger charge is 2.19. The molecule has 0 aliphatic carbocycles. The molecule has 31 heavy (non-hydrogen) atoms. The summed E-state index contributed by atoms with van der Waals surface area (Å²) in [6.07, 6.45) is 4.86. The van der Waals surface area contributed by atoms with Gasteiger partial charge in [-0.25, -0.2) is 9.78 Å². The molecule has 1 unspecified atom stereocenters. The highest BCUT2D eigenvalue weighted by molar-refractivity contribution is 5.76. The van der Waals surface area contributed by atoms with Gasteiger partial charge in [-0.3, -0.25) is 4.98 Å². The second-order valence-corrected chi connectivity index (χ2v) is 7.26. The Morgan fingerprint density at radius 1 is 1.06 bits per heavy atom. The summed E-state index contributed by atoms with van der Waals surface area (Å²) in [5.74, 6) is 1.52. The van der Waals surface area contributed by atoms with Gasteiger partial charge in [0.05, 0.1) is 24.2 Å². The molecular formula is C24H25N5O2. The third-order valence-corrected chi connectivity index (χ3v) is 5.06. The minimum atomic E-state index is -0.306. The van der Waals surface area contributed by atoms with E-state index >= 15 is 0 Å². The Bertz CT molecular complexity index is 1090. The molecule has 0 aliphatic rings. The van der Waals surface area contributed by atoms with Crippen molar-refractivity contribution >= 4 is 17.1 Å². The topological polar surface area (TPSA) is 91.9 Å². The molecule has 0 spiro atoms. The van der Waals surface area contributed by atoms with Crippen molar-refractivity contribution in [2.75, 3.05) is 13.7 Å². The number of aromatic nitrogens is 3. The first-order chi connectivity index (χ1) is 15.2. The summed E-state index contributed by atoms with van der Waals surface area (Å²) in [6, 6.07) is 19.0. The van der Waals surface area contributed by atoms with E-state index in [1.807, 2.05) is 60.7 Å². The van der Waals surface area contributed by atoms with Gasteiger partial charge in [0, 0.05) is 18.9 Å². The average Bonchev–Trinajstić information content (AvgIpc) is 3.24. The zero-order valence-electron chi connectivity index (χ0n) is 17.3. The lowest BCUT2D eigenvalue weighted by Gasteiger charge is -2.18. The quantitative estimate of drug-likeness (QED) is 0.408. The minimum Gasteiger partial charge on any atom is -0.497 e. The number of carbonyl (C=O) groups is 1. The van der Waals surface area contributed by atoms with Gasteiger partial charge < -0.3 is 20.4 Å². The second kappa shape index (κ2) is 9.75. The Hall–Kier alpha value is -3.87. The smallest absolute Gasteiger partial charge is 0.315 e. The summed E-state index contributed by atoms with van der Waals surface area (Å²) in [6.45, 7) is 0.521. The lowest BCUT2D eigenvalue weighted by Crippen LogP contribution is -2.40. The predicted octanol–water partition coefficient (Wildman–Crippen LogP) is 3.79. The summed E-state index contributed by atoms with van der Waals surface area (Å²) < 4.78 is 5.24. The first kappa shape index (κ1) is 20.4. The SMILES string of the molecule is COc1ccc(CC(NC(=O)NCCc2cccnc2)c2nc3ccccc3[nH]2)cc1. The van der Waals surface area contributed by atoms with Crippen LogP contribution in [-0.2, 0) is 12.8 Å². The molecule has 0 saturated carbocycles. The van der Waals surface area contributed by atoms with Crippen molar-refractivity contribution in [2.24, 2.45) is 0 Å². The van der Waals surface area contributed by atoms with E-state index in [1.165, 1.54) is 0 Å². The molecule has 2 heterocycles. The van der Waals surface area contributed by atoms with Crippen molar-refractivity contribution in [1.29, 1.82) is 0 Å². The van der Waals surface area contributed by atoms with Crippen LogP contribution in [0.3, 0.4) is 0 Å². The Labute approximate surface area is 180 Å². The van der Waals surface area contributed by atoms with Gasteiger partial charge in [0.25, 0.3) is 0 Å². The predicted molar refractivity (Wildman–Crippen MR) is 120 cm³/mol. The van der Waals surface area contributed by atoms with E-state index in [-0.39, 0.29) is 12.1 Å². The number of imidazole rings is 1. The van der Waals surface area contributed by atoms with E-state index < -0.39 is 0 Å². The number of aromatic amines is 1. The standard InChI is InChI=1S/C24H25N5O2/c1-31-19-10-8-17(9-11-19)15-22(23-27-20-6-2-3-7-21(20)28-23)29-24(30)26-14-12-18-5-4-13-25-16-18/h2-11,13,16,22H,12,14-15H2,1H3,(H,27,28)(H2,26,29,30). The largest absolute Gasteiger partial charge is 0.497 e. The van der Waals surface area contributed by atoms with Crippen molar-refractivity contribution in [3.8, 4) is 5.75 Å². The molecule has 4 aromatic rings. The van der Waals surface area contributed by atoms with Gasteiger partial charge in [0.1, 0.15) is 11.6 Å². The maximum absolute atomic E-state index is 12.6. The number of hydrogen-bond acceptors (Lipinski definition) is 4. The zero-order chi connectivity index (χ0) is 21.5. The number of para-hydroxylation sites is 2. The normalized spacial score (nSPS) is 11.8. The van der Waals surface area contributed by atoms with E-state index in [0.29, 0.717) is 13.0 Å². The maximum Gasteiger partial charge on any atom is 0.315 e. The summed E-state index contributed by atoms with van der Waals surface area (Å²) in [5.41, 5.74) is 3.96. The monoisotopic (exact) mass is 415 g/mol. The number of benzene rings is 2. The molecule has 2 aromatic carbocycles. The Kier molecular flexibility index (Phi) is 6.42. The molecule has 7 nitrogen and oxygen atoms in total. The first-order valence-corrected chi connectivity index (χ1v) is 10.2. The van der Waals surface area contributed by atoms with Crippen LogP contribution in [0.5, 0.6) is 5.75 Å². The van der Waals surface area contributed by atoms with Crippen molar-refractivity contribution in [1.82, 2.24) is 25.6 Å². The zero-order valence-corrected chi connectivity index (χ0v) is 17.3. The fraction of sp³-hybridized carbons (Fsp3) is 0.208. The summed E-state index contributed by atoms with van der Waals surface area (Å²) in [7, 11) is 1.64. The number of urea groups is 1. The van der Waals surface area contributed by atoms with Crippen LogP contribution < -0.4 is 15.4 Å². The van der Waals surface area contributed by atoms with Crippen molar-refractivity contribution < 1.29 is 9.53 Å². The van der Waals surface area contributed by atoms with Gasteiger partial charge in [-0.2, -0.15) is 0 Å². The molecule has 0 bridgehead atoms. The lowest BCUT2D eigenvalue weighted by atomic mass is 10.1. The number of nitrogens with one attached hydrogen (secondary N) is 3. The molecular weight excluding hydrogens is 390 g/mol. The van der Waals surface area contributed by atoms with Crippen molar-refractivity contribution in [2.45, 2.75) is 18.9 Å². The van der Waals surface area contributed by atoms with Gasteiger partial charge in [0.2, 0.25) is 0 Å². The number of ether oxygens (including phenoxy) is 1. The first-order valence-electron chi connectivity index (χ1n) is 10.2. The Morgan fingerprint density at radius 3 is 2.65 bits per heavy atom. The number of amides is 2. The van der Waals surface area contributed by atoms with Gasteiger partial charge in [0.15, 0.2) is 0 Å². The van der Waals surface area contributed by atoms with Crippen molar-refractivity contribution in [3.63, 3.8) is 0 Å². The molecule has 2 amide bonds. The summed E-state index contributed by atoms with van der Waals surface area (Å²) >= 11 is 0. The third-order valence-electron chi connectivity index (χ3n) is 5.06. The van der Waals surface area contributed by atoms with E-state index in [2.05, 4.69) is 20.6 Å². The number of pyridine rings is 1. The van der Waals surface area contributed by atoms with Crippen molar-refractivity contribution in [3.05, 3.63) is 90.0 Å². The molecule has 0 fully saturated rings. The number of fused-ring (bicyclic) bond motifs is 1. The fourth-order valence-corrected chi connectivity index (χ4v) is 3.43. The third kappa shape index (κ3) is 5.39. The number of nitrogens with zero attached hydrogens (tertiary/aromatic N) is 2. The van der Waals surface area contributed by atoms with Crippen LogP contribution in [-0.4, -0.2) is 34.6 Å². The van der Waals surface area contributed by atoms with E-state index in [4.69, 9.17) is 9.72 Å². The second-order valence-electron chi connectivity index (χ2n) is 7.26. The van der Waals surface area contributed by atoms with Gasteiger partial charge in [-0.05, 0) is 54.3 Å². The number of hydrogen-bond donors (Lipinski definition) is 3. The van der Waals surface area contributed by atoms with Crippen LogP contribution in [0.25, 0.3) is 11.0 Å². The number of rotatable bonds is 8. The fourth-order valence-electron chi connectivity index (χ4n) is 3.43. The maximum atomic E-state index is 12.6. The van der Waals surface area contributed by atoms with E-state index in [1.54, 1.807) is 19.5 Å². The Morgan fingerprint density at radius 2 is 1.90 bits per heavy atom. The number of methoxy groups -OCH3 is 1.